The zero-order chi connectivity index (χ0) is 16.8. The van der Waals surface area contributed by atoms with Crippen LogP contribution in [0, 0.1) is 5.41 Å². The predicted molar refractivity (Wildman–Crippen MR) is 98.1 cm³/mol. The van der Waals surface area contributed by atoms with Crippen LogP contribution in [0.4, 0.5) is 5.82 Å². The van der Waals surface area contributed by atoms with Gasteiger partial charge in [0.1, 0.15) is 5.82 Å². The average Bonchev–Trinajstić information content (AvgIpc) is 2.45. The van der Waals surface area contributed by atoms with Crippen molar-refractivity contribution in [2.24, 2.45) is 5.41 Å². The van der Waals surface area contributed by atoms with Crippen molar-refractivity contribution in [2.45, 2.75) is 66.8 Å². The van der Waals surface area contributed by atoms with Crippen molar-refractivity contribution in [3.8, 4) is 0 Å². The van der Waals surface area contributed by atoms with Crippen LogP contribution >= 0.6 is 0 Å². The van der Waals surface area contributed by atoms with Gasteiger partial charge < -0.3 is 5.32 Å². The van der Waals surface area contributed by atoms with E-state index in [0.717, 1.165) is 11.4 Å². The van der Waals surface area contributed by atoms with Crippen LogP contribution in [0.1, 0.15) is 60.8 Å². The van der Waals surface area contributed by atoms with Crippen molar-refractivity contribution in [3.05, 3.63) is 47.7 Å². The van der Waals surface area contributed by atoms with Gasteiger partial charge in [-0.1, -0.05) is 57.4 Å². The summed E-state index contributed by atoms with van der Waals surface area (Å²) in [6.45, 7) is 17.7. The van der Waals surface area contributed by atoms with E-state index in [1.165, 1.54) is 30.4 Å². The van der Waals surface area contributed by atoms with Gasteiger partial charge in [-0.15, -0.1) is 0 Å². The molecule has 0 amide bonds. The highest BCUT2D eigenvalue weighted by molar-refractivity contribution is 5.45. The van der Waals surface area contributed by atoms with Gasteiger partial charge in [0.25, 0.3) is 0 Å². The van der Waals surface area contributed by atoms with Crippen molar-refractivity contribution in [1.82, 2.24) is 4.98 Å². The summed E-state index contributed by atoms with van der Waals surface area (Å²) < 4.78 is 0. The largest absolute Gasteiger partial charge is 0.364 e. The van der Waals surface area contributed by atoms with Crippen LogP contribution in [0.3, 0.4) is 0 Å². The molecule has 0 saturated heterocycles. The number of hydrogen-bond acceptors (Lipinski definition) is 2. The molecule has 1 aromatic rings. The molecular formula is C20H32N2. The lowest BCUT2D eigenvalue weighted by Crippen LogP contribution is -2.25. The third kappa shape index (κ3) is 5.01. The molecule has 0 aliphatic heterocycles. The van der Waals surface area contributed by atoms with Gasteiger partial charge in [-0.2, -0.15) is 0 Å². The number of anilines is 1. The van der Waals surface area contributed by atoms with Crippen molar-refractivity contribution in [1.29, 1.82) is 0 Å². The van der Waals surface area contributed by atoms with E-state index in [0.29, 0.717) is 0 Å². The van der Waals surface area contributed by atoms with Crippen LogP contribution in [0.25, 0.3) is 0 Å². The third-order valence-electron chi connectivity index (χ3n) is 4.50. The van der Waals surface area contributed by atoms with Gasteiger partial charge >= 0.3 is 0 Å². The highest BCUT2D eigenvalue weighted by Crippen LogP contribution is 2.37. The fourth-order valence-electron chi connectivity index (χ4n) is 2.93. The Labute approximate surface area is 136 Å². The molecule has 2 nitrogen and oxygen atoms in total. The number of aromatic nitrogens is 1. The molecule has 0 radical (unpaired) electrons. The van der Waals surface area contributed by atoms with E-state index >= 15 is 0 Å². The summed E-state index contributed by atoms with van der Waals surface area (Å²) in [7, 11) is 0. The van der Waals surface area contributed by atoms with E-state index in [2.05, 4.69) is 58.4 Å². The summed E-state index contributed by atoms with van der Waals surface area (Å²) in [5.74, 6) is 0.910. The molecule has 22 heavy (non-hydrogen) atoms. The van der Waals surface area contributed by atoms with Crippen LogP contribution in [0.5, 0.6) is 0 Å². The molecule has 122 valence electrons. The summed E-state index contributed by atoms with van der Waals surface area (Å²) in [4.78, 5) is 4.37. The van der Waals surface area contributed by atoms with E-state index in [1.54, 1.807) is 0 Å². The molecule has 1 atom stereocenters. The first-order valence-electron chi connectivity index (χ1n) is 8.34. The molecular weight excluding hydrogens is 268 g/mol. The van der Waals surface area contributed by atoms with Crippen LogP contribution in [0.2, 0.25) is 0 Å². The Morgan fingerprint density at radius 3 is 2.50 bits per heavy atom. The second kappa shape index (κ2) is 8.17. The lowest BCUT2D eigenvalue weighted by molar-refractivity contribution is 0.387. The molecule has 0 aromatic carbocycles. The summed E-state index contributed by atoms with van der Waals surface area (Å²) in [5.41, 5.74) is 4.10. The first kappa shape index (κ1) is 18.5. The van der Waals surface area contributed by atoms with Gasteiger partial charge in [0, 0.05) is 6.20 Å². The minimum Gasteiger partial charge on any atom is -0.364 e. The minimum atomic E-state index is 0.199. The fourth-order valence-corrected chi connectivity index (χ4v) is 2.93. The molecule has 1 N–H and O–H groups in total. The number of allylic oxidation sites excluding steroid dienone is 1. The zero-order valence-corrected chi connectivity index (χ0v) is 15.2. The normalized spacial score (nSPS) is 14.3. The summed E-state index contributed by atoms with van der Waals surface area (Å²) in [5, 5.41) is 3.50. The van der Waals surface area contributed by atoms with Gasteiger partial charge in [0.05, 0.1) is 6.04 Å². The van der Waals surface area contributed by atoms with E-state index in [1.807, 2.05) is 24.4 Å². The molecule has 1 heterocycles. The number of rotatable bonds is 8. The maximum atomic E-state index is 4.37. The Hall–Kier alpha value is -1.57. The predicted octanol–water partition coefficient (Wildman–Crippen LogP) is 5.99. The van der Waals surface area contributed by atoms with Crippen LogP contribution in [-0.4, -0.2) is 11.0 Å². The Morgan fingerprint density at radius 1 is 1.32 bits per heavy atom. The molecule has 0 bridgehead atoms. The first-order chi connectivity index (χ1) is 10.3. The standard InChI is InChI=1S/C20H32N2/c1-8-9-13-20(6,7)16(4)19(15(2)3)17(5)22-18-12-10-11-14-21-18/h10-12,14,17H,2,8-9,13H2,1,3-7H3,(H,21,22)/b19-16+. The maximum Gasteiger partial charge on any atom is 0.126 e. The summed E-state index contributed by atoms with van der Waals surface area (Å²) >= 11 is 0. The Kier molecular flexibility index (Phi) is 6.86. The second-order valence-corrected chi connectivity index (χ2v) is 6.89. The highest BCUT2D eigenvalue weighted by Gasteiger charge is 2.25. The molecule has 0 aliphatic rings. The molecule has 1 rings (SSSR count). The molecule has 2 heteroatoms. The van der Waals surface area contributed by atoms with E-state index < -0.39 is 0 Å². The van der Waals surface area contributed by atoms with Crippen molar-refractivity contribution in [3.63, 3.8) is 0 Å². The number of nitrogens with zero attached hydrogens (tertiary/aromatic N) is 1. The van der Waals surface area contributed by atoms with Crippen LogP contribution in [0.15, 0.2) is 47.7 Å². The third-order valence-corrected chi connectivity index (χ3v) is 4.50. The van der Waals surface area contributed by atoms with Crippen LogP contribution in [-0.2, 0) is 0 Å². The average molecular weight is 300 g/mol. The van der Waals surface area contributed by atoms with E-state index in [-0.39, 0.29) is 11.5 Å². The fraction of sp³-hybridized carbons (Fsp3) is 0.550. The van der Waals surface area contributed by atoms with E-state index in [4.69, 9.17) is 0 Å². The lowest BCUT2D eigenvalue weighted by Gasteiger charge is -2.32. The summed E-state index contributed by atoms with van der Waals surface area (Å²) in [6.07, 6.45) is 5.52. The van der Waals surface area contributed by atoms with Gasteiger partial charge in [-0.05, 0) is 50.3 Å². The van der Waals surface area contributed by atoms with Crippen LogP contribution < -0.4 is 5.32 Å². The van der Waals surface area contributed by atoms with Gasteiger partial charge in [0.2, 0.25) is 0 Å². The van der Waals surface area contributed by atoms with Crippen molar-refractivity contribution < 1.29 is 0 Å². The second-order valence-electron chi connectivity index (χ2n) is 6.89. The first-order valence-corrected chi connectivity index (χ1v) is 8.34. The molecule has 0 fully saturated rings. The van der Waals surface area contributed by atoms with Gasteiger partial charge in [0.15, 0.2) is 0 Å². The van der Waals surface area contributed by atoms with E-state index in [9.17, 15) is 0 Å². The smallest absolute Gasteiger partial charge is 0.126 e. The molecule has 0 saturated carbocycles. The number of unbranched alkanes of at least 4 members (excludes halogenated alkanes) is 1. The lowest BCUT2D eigenvalue weighted by atomic mass is 9.76. The zero-order valence-electron chi connectivity index (χ0n) is 15.2. The Bertz CT molecular complexity index is 512. The Morgan fingerprint density at radius 2 is 2.00 bits per heavy atom. The number of nitrogens with one attached hydrogen (secondary N) is 1. The SMILES string of the molecule is C=C(C)/C(=C(/C)C(C)(C)CCCC)C(C)Nc1ccccn1. The monoisotopic (exact) mass is 300 g/mol. The molecule has 0 spiro atoms. The van der Waals surface area contributed by atoms with Crippen molar-refractivity contribution >= 4 is 5.82 Å². The highest BCUT2D eigenvalue weighted by atomic mass is 15.0. The minimum absolute atomic E-state index is 0.199. The number of pyridine rings is 1. The maximum absolute atomic E-state index is 4.37. The molecule has 1 aromatic heterocycles. The van der Waals surface area contributed by atoms with Gasteiger partial charge in [-0.25, -0.2) is 4.98 Å². The molecule has 0 aliphatic carbocycles. The quantitative estimate of drug-likeness (QED) is 0.596. The summed E-state index contributed by atoms with van der Waals surface area (Å²) in [6, 6.07) is 6.15. The van der Waals surface area contributed by atoms with Crippen molar-refractivity contribution in [2.75, 3.05) is 5.32 Å². The number of hydrogen-bond donors (Lipinski definition) is 1. The Balaban J connectivity index is 3.05. The topological polar surface area (TPSA) is 24.9 Å². The van der Waals surface area contributed by atoms with Gasteiger partial charge in [-0.3, -0.25) is 0 Å². The molecule has 1 unspecified atom stereocenters.